The van der Waals surface area contributed by atoms with Gasteiger partial charge in [0.15, 0.2) is 0 Å². The van der Waals surface area contributed by atoms with Crippen LogP contribution in [-0.4, -0.2) is 0 Å². The molecule has 0 nitrogen and oxygen atoms in total. The minimum Gasteiger partial charge on any atom is -0.144 e. The van der Waals surface area contributed by atoms with Crippen LogP contribution in [0.1, 0.15) is 18.2 Å². The SMILES string of the molecule is CCC#Cc1cc2c(ccc3c2ccc2c4ccc5sccc5c4ccc32)s1. The van der Waals surface area contributed by atoms with E-state index in [1.54, 1.807) is 11.3 Å². The summed E-state index contributed by atoms with van der Waals surface area (Å²) in [5.74, 6) is 6.49. The lowest BCUT2D eigenvalue weighted by Crippen LogP contribution is -1.81. The zero-order valence-electron chi connectivity index (χ0n) is 15.4. The fraction of sp³-hybridized carbons (Fsp3) is 0.0769. The lowest BCUT2D eigenvalue weighted by molar-refractivity contribution is 1.28. The molecule has 0 aliphatic heterocycles. The minimum atomic E-state index is 0.893. The van der Waals surface area contributed by atoms with Crippen LogP contribution in [-0.2, 0) is 0 Å². The van der Waals surface area contributed by atoms with E-state index >= 15 is 0 Å². The van der Waals surface area contributed by atoms with Crippen LogP contribution in [0, 0.1) is 11.8 Å². The van der Waals surface area contributed by atoms with Crippen LogP contribution in [0.5, 0.6) is 0 Å². The van der Waals surface area contributed by atoms with E-state index in [1.165, 1.54) is 52.5 Å². The normalized spacial score (nSPS) is 11.6. The number of benzene rings is 4. The number of hydrogen-bond acceptors (Lipinski definition) is 2. The Balaban J connectivity index is 1.71. The highest BCUT2D eigenvalue weighted by atomic mass is 32.1. The summed E-state index contributed by atoms with van der Waals surface area (Å²) < 4.78 is 2.67. The van der Waals surface area contributed by atoms with Crippen LogP contribution in [0.4, 0.5) is 0 Å². The van der Waals surface area contributed by atoms with Gasteiger partial charge in [-0.15, -0.1) is 22.7 Å². The molecule has 0 N–H and O–H groups in total. The first kappa shape index (κ1) is 16.1. The standard InChI is InChI=1S/C26H16S2/c1-2-3-4-16-15-24-22-8-6-17-18(20(22)10-12-26(24)28-16)5-7-21-19(17)9-11-25-23(21)13-14-27-25/h5-15H,2H2,1H3. The van der Waals surface area contributed by atoms with Crippen molar-refractivity contribution < 1.29 is 0 Å². The molecule has 2 heterocycles. The van der Waals surface area contributed by atoms with Gasteiger partial charge in [0, 0.05) is 26.6 Å². The van der Waals surface area contributed by atoms with Crippen molar-refractivity contribution >= 4 is 75.2 Å². The molecule has 6 aromatic rings. The summed E-state index contributed by atoms with van der Waals surface area (Å²) in [7, 11) is 0. The van der Waals surface area contributed by atoms with Crippen molar-refractivity contribution in [1.82, 2.24) is 0 Å². The van der Waals surface area contributed by atoms with Gasteiger partial charge in [0.1, 0.15) is 0 Å². The summed E-state index contributed by atoms with van der Waals surface area (Å²) in [5.41, 5.74) is 0. The quantitative estimate of drug-likeness (QED) is 0.180. The molecular weight excluding hydrogens is 376 g/mol. The Morgan fingerprint density at radius 3 is 1.89 bits per heavy atom. The third-order valence-corrected chi connectivity index (χ3v) is 7.41. The topological polar surface area (TPSA) is 0 Å². The Bertz CT molecular complexity index is 1600. The van der Waals surface area contributed by atoms with Crippen molar-refractivity contribution in [1.29, 1.82) is 0 Å². The average molecular weight is 393 g/mol. The van der Waals surface area contributed by atoms with Crippen molar-refractivity contribution in [3.63, 3.8) is 0 Å². The second-order valence-electron chi connectivity index (χ2n) is 7.06. The van der Waals surface area contributed by atoms with Crippen molar-refractivity contribution in [2.45, 2.75) is 13.3 Å². The molecule has 0 saturated carbocycles. The Morgan fingerprint density at radius 1 is 0.643 bits per heavy atom. The Hall–Kier alpha value is -2.86. The summed E-state index contributed by atoms with van der Waals surface area (Å²) in [6.45, 7) is 2.09. The second-order valence-corrected chi connectivity index (χ2v) is 9.09. The van der Waals surface area contributed by atoms with E-state index in [2.05, 4.69) is 84.8 Å². The molecule has 0 aliphatic carbocycles. The van der Waals surface area contributed by atoms with Gasteiger partial charge in [0.25, 0.3) is 0 Å². The highest BCUT2D eigenvalue weighted by molar-refractivity contribution is 7.19. The van der Waals surface area contributed by atoms with Gasteiger partial charge < -0.3 is 0 Å². The molecule has 0 saturated heterocycles. The van der Waals surface area contributed by atoms with Crippen LogP contribution in [0.3, 0.4) is 0 Å². The fourth-order valence-corrected chi connectivity index (χ4v) is 6.00. The predicted octanol–water partition coefficient (Wildman–Crippen LogP) is 8.34. The molecule has 2 aromatic heterocycles. The van der Waals surface area contributed by atoms with E-state index < -0.39 is 0 Å². The molecular formula is C26H16S2. The predicted molar refractivity (Wildman–Crippen MR) is 127 cm³/mol. The largest absolute Gasteiger partial charge is 0.144 e. The smallest absolute Gasteiger partial charge is 0.0781 e. The number of thiophene rings is 2. The van der Waals surface area contributed by atoms with Gasteiger partial charge >= 0.3 is 0 Å². The van der Waals surface area contributed by atoms with Gasteiger partial charge in [-0.3, -0.25) is 0 Å². The molecule has 4 aromatic carbocycles. The van der Waals surface area contributed by atoms with Crippen LogP contribution in [0.2, 0.25) is 0 Å². The summed E-state index contributed by atoms with van der Waals surface area (Å²) in [6.07, 6.45) is 0.893. The Morgan fingerprint density at radius 2 is 1.21 bits per heavy atom. The summed E-state index contributed by atoms with van der Waals surface area (Å²) >= 11 is 3.60. The molecule has 0 radical (unpaired) electrons. The second kappa shape index (κ2) is 6.07. The minimum absolute atomic E-state index is 0.893. The average Bonchev–Trinajstić information content (AvgIpc) is 3.37. The first-order chi connectivity index (χ1) is 13.8. The molecule has 2 heteroatoms. The van der Waals surface area contributed by atoms with Crippen LogP contribution >= 0.6 is 22.7 Å². The molecule has 132 valence electrons. The lowest BCUT2D eigenvalue weighted by atomic mass is 9.95. The van der Waals surface area contributed by atoms with Crippen molar-refractivity contribution in [3.8, 4) is 11.8 Å². The zero-order chi connectivity index (χ0) is 18.7. The Labute approximate surface area is 171 Å². The van der Waals surface area contributed by atoms with Crippen molar-refractivity contribution in [2.24, 2.45) is 0 Å². The maximum atomic E-state index is 3.29. The van der Waals surface area contributed by atoms with Crippen molar-refractivity contribution in [3.05, 3.63) is 70.9 Å². The summed E-state index contributed by atoms with van der Waals surface area (Å²) in [4.78, 5) is 1.16. The molecule has 6 rings (SSSR count). The van der Waals surface area contributed by atoms with Gasteiger partial charge in [-0.1, -0.05) is 55.2 Å². The van der Waals surface area contributed by atoms with Gasteiger partial charge in [0.05, 0.1) is 4.88 Å². The van der Waals surface area contributed by atoms with Crippen LogP contribution in [0.15, 0.2) is 66.0 Å². The summed E-state index contributed by atoms with van der Waals surface area (Å²) in [6, 6.07) is 22.8. The fourth-order valence-electron chi connectivity index (χ4n) is 4.25. The van der Waals surface area contributed by atoms with E-state index in [9.17, 15) is 0 Å². The first-order valence-electron chi connectivity index (χ1n) is 9.50. The maximum absolute atomic E-state index is 3.29. The van der Waals surface area contributed by atoms with Gasteiger partial charge in [-0.05, 0) is 62.0 Å². The third kappa shape index (κ3) is 2.24. The molecule has 0 amide bonds. The lowest BCUT2D eigenvalue weighted by Gasteiger charge is -2.09. The van der Waals surface area contributed by atoms with E-state index in [1.807, 2.05) is 11.3 Å². The van der Waals surface area contributed by atoms with Crippen molar-refractivity contribution in [2.75, 3.05) is 0 Å². The molecule has 0 spiro atoms. The van der Waals surface area contributed by atoms with E-state index in [0.29, 0.717) is 0 Å². The highest BCUT2D eigenvalue weighted by Gasteiger charge is 2.10. The maximum Gasteiger partial charge on any atom is 0.0781 e. The number of rotatable bonds is 0. The van der Waals surface area contributed by atoms with Gasteiger partial charge in [0.2, 0.25) is 0 Å². The summed E-state index contributed by atoms with van der Waals surface area (Å²) in [5, 5.41) is 12.8. The Kier molecular flexibility index (Phi) is 3.50. The molecule has 0 bridgehead atoms. The van der Waals surface area contributed by atoms with E-state index in [-0.39, 0.29) is 0 Å². The monoisotopic (exact) mass is 392 g/mol. The molecule has 28 heavy (non-hydrogen) atoms. The van der Waals surface area contributed by atoms with Crippen LogP contribution < -0.4 is 0 Å². The molecule has 0 unspecified atom stereocenters. The van der Waals surface area contributed by atoms with E-state index in [0.717, 1.165) is 11.3 Å². The third-order valence-electron chi connectivity index (χ3n) is 5.51. The number of hydrogen-bond donors (Lipinski definition) is 0. The molecule has 0 atom stereocenters. The molecule has 0 aliphatic rings. The molecule has 0 fully saturated rings. The van der Waals surface area contributed by atoms with E-state index in [4.69, 9.17) is 0 Å². The van der Waals surface area contributed by atoms with Gasteiger partial charge in [-0.2, -0.15) is 0 Å². The number of fused-ring (bicyclic) bond motifs is 9. The first-order valence-corrected chi connectivity index (χ1v) is 11.2. The zero-order valence-corrected chi connectivity index (χ0v) is 17.0. The van der Waals surface area contributed by atoms with Crippen LogP contribution in [0.25, 0.3) is 52.5 Å². The highest BCUT2D eigenvalue weighted by Crippen LogP contribution is 2.39. The van der Waals surface area contributed by atoms with Gasteiger partial charge in [-0.25, -0.2) is 0 Å².